The first kappa shape index (κ1) is 20.7. The average Bonchev–Trinajstić information content (AvgIpc) is 2.61. The van der Waals surface area contributed by atoms with Crippen LogP contribution in [0.25, 0.3) is 0 Å². The normalized spacial score (nSPS) is 11.9. The number of carbonyl (C=O) groups excluding carboxylic acids is 1. The Balaban J connectivity index is 1.94. The molecule has 6 nitrogen and oxygen atoms in total. The summed E-state index contributed by atoms with van der Waals surface area (Å²) in [7, 11) is -2.41. The number of benzene rings is 2. The van der Waals surface area contributed by atoms with Gasteiger partial charge in [-0.05, 0) is 36.4 Å². The third-order valence-electron chi connectivity index (χ3n) is 3.52. The molecule has 0 saturated heterocycles. The van der Waals surface area contributed by atoms with Crippen LogP contribution in [0.15, 0.2) is 53.4 Å². The molecule has 0 spiro atoms. The number of hydrogen-bond donors (Lipinski definition) is 2. The van der Waals surface area contributed by atoms with Crippen molar-refractivity contribution >= 4 is 21.6 Å². The van der Waals surface area contributed by atoms with Gasteiger partial charge >= 0.3 is 6.18 Å². The molecular weight excluding hydrogens is 385 g/mol. The molecule has 2 aromatic carbocycles. The minimum Gasteiger partial charge on any atom is -0.497 e. The lowest BCUT2D eigenvalue weighted by atomic mass is 10.1. The first-order valence-electron chi connectivity index (χ1n) is 7.73. The highest BCUT2D eigenvalue weighted by Gasteiger charge is 2.33. The Morgan fingerprint density at radius 1 is 1.07 bits per heavy atom. The van der Waals surface area contributed by atoms with Gasteiger partial charge in [0.1, 0.15) is 5.75 Å². The summed E-state index contributed by atoms with van der Waals surface area (Å²) >= 11 is 0. The molecule has 0 aliphatic rings. The minimum atomic E-state index is -4.61. The Hall–Kier alpha value is -2.59. The first-order valence-corrected chi connectivity index (χ1v) is 9.21. The fraction of sp³-hybridized carbons (Fsp3) is 0.235. The number of nitrogens with one attached hydrogen (secondary N) is 2. The van der Waals surface area contributed by atoms with Crippen molar-refractivity contribution in [1.82, 2.24) is 4.72 Å². The van der Waals surface area contributed by atoms with E-state index in [4.69, 9.17) is 4.74 Å². The summed E-state index contributed by atoms with van der Waals surface area (Å²) in [6, 6.07) is 10.1. The maximum Gasteiger partial charge on any atom is 0.418 e. The van der Waals surface area contributed by atoms with Crippen molar-refractivity contribution in [2.75, 3.05) is 19.0 Å². The van der Waals surface area contributed by atoms with E-state index in [1.165, 1.54) is 43.5 Å². The van der Waals surface area contributed by atoms with Gasteiger partial charge in [-0.2, -0.15) is 13.2 Å². The number of carbonyl (C=O) groups is 1. The molecule has 0 fully saturated rings. The van der Waals surface area contributed by atoms with Crippen LogP contribution in [0.1, 0.15) is 12.0 Å². The van der Waals surface area contributed by atoms with Gasteiger partial charge in [0.25, 0.3) is 0 Å². The molecule has 2 N–H and O–H groups in total. The summed E-state index contributed by atoms with van der Waals surface area (Å²) in [5, 5.41) is 2.15. The van der Waals surface area contributed by atoms with E-state index in [9.17, 15) is 26.4 Å². The first-order chi connectivity index (χ1) is 12.6. The zero-order chi connectivity index (χ0) is 20.1. The quantitative estimate of drug-likeness (QED) is 0.746. The number of hydrogen-bond acceptors (Lipinski definition) is 4. The summed E-state index contributed by atoms with van der Waals surface area (Å²) < 4.78 is 70.1. The summed E-state index contributed by atoms with van der Waals surface area (Å²) in [6.45, 7) is -0.269. The highest BCUT2D eigenvalue weighted by Crippen LogP contribution is 2.34. The Labute approximate surface area is 154 Å². The molecule has 0 saturated carbocycles. The summed E-state index contributed by atoms with van der Waals surface area (Å²) in [5.74, 6) is -0.263. The topological polar surface area (TPSA) is 84.5 Å². The number of sulfonamides is 1. The van der Waals surface area contributed by atoms with E-state index in [0.29, 0.717) is 5.75 Å². The lowest BCUT2D eigenvalue weighted by molar-refractivity contribution is -0.137. The van der Waals surface area contributed by atoms with Crippen LogP contribution < -0.4 is 14.8 Å². The maximum absolute atomic E-state index is 12.9. The monoisotopic (exact) mass is 402 g/mol. The van der Waals surface area contributed by atoms with Crippen LogP contribution in [0.5, 0.6) is 5.75 Å². The lowest BCUT2D eigenvalue weighted by Crippen LogP contribution is -2.28. The predicted molar refractivity (Wildman–Crippen MR) is 92.9 cm³/mol. The zero-order valence-corrected chi connectivity index (χ0v) is 15.0. The van der Waals surface area contributed by atoms with Gasteiger partial charge in [0.2, 0.25) is 15.9 Å². The molecule has 1 amide bonds. The number of para-hydroxylation sites is 1. The Kier molecular flexibility index (Phi) is 6.45. The fourth-order valence-corrected chi connectivity index (χ4v) is 3.22. The van der Waals surface area contributed by atoms with Gasteiger partial charge in [0, 0.05) is 13.0 Å². The van der Waals surface area contributed by atoms with Crippen LogP contribution in [0.2, 0.25) is 0 Å². The Morgan fingerprint density at radius 2 is 1.70 bits per heavy atom. The van der Waals surface area contributed by atoms with Crippen LogP contribution >= 0.6 is 0 Å². The molecule has 2 rings (SSSR count). The molecule has 0 radical (unpaired) electrons. The van der Waals surface area contributed by atoms with Gasteiger partial charge in [-0.3, -0.25) is 4.79 Å². The highest BCUT2D eigenvalue weighted by atomic mass is 32.2. The van der Waals surface area contributed by atoms with E-state index in [2.05, 4.69) is 10.0 Å². The van der Waals surface area contributed by atoms with E-state index in [1.807, 2.05) is 0 Å². The zero-order valence-electron chi connectivity index (χ0n) is 14.2. The number of rotatable bonds is 7. The molecule has 0 aliphatic carbocycles. The van der Waals surface area contributed by atoms with Crippen molar-refractivity contribution in [3.05, 3.63) is 54.1 Å². The Morgan fingerprint density at radius 3 is 2.30 bits per heavy atom. The maximum atomic E-state index is 12.9. The summed E-state index contributed by atoms with van der Waals surface area (Å²) in [6.07, 6.45) is -4.94. The third kappa shape index (κ3) is 5.69. The van der Waals surface area contributed by atoms with Gasteiger partial charge < -0.3 is 10.1 Å². The lowest BCUT2D eigenvalue weighted by Gasteiger charge is -2.13. The largest absolute Gasteiger partial charge is 0.497 e. The van der Waals surface area contributed by atoms with Gasteiger partial charge in [-0.1, -0.05) is 12.1 Å². The van der Waals surface area contributed by atoms with Gasteiger partial charge in [0.05, 0.1) is 23.3 Å². The molecule has 0 atom stereocenters. The third-order valence-corrected chi connectivity index (χ3v) is 5.00. The standard InChI is InChI=1S/C17H17F3N2O4S/c1-26-12-6-8-13(9-7-12)27(24,25)21-11-10-16(23)22-15-5-3-2-4-14(15)17(18,19)20/h2-9,21H,10-11H2,1H3,(H,22,23). The van der Waals surface area contributed by atoms with Gasteiger partial charge in [0.15, 0.2) is 0 Å². The van der Waals surface area contributed by atoms with Crippen molar-refractivity contribution in [3.63, 3.8) is 0 Å². The predicted octanol–water partition coefficient (Wildman–Crippen LogP) is 3.02. The van der Waals surface area contributed by atoms with E-state index in [1.54, 1.807) is 0 Å². The van der Waals surface area contributed by atoms with Crippen LogP contribution in [-0.2, 0) is 21.0 Å². The van der Waals surface area contributed by atoms with E-state index < -0.39 is 27.7 Å². The molecule has 0 unspecified atom stereocenters. The van der Waals surface area contributed by atoms with Crippen molar-refractivity contribution in [3.8, 4) is 5.75 Å². The van der Waals surface area contributed by atoms with Crippen LogP contribution in [0, 0.1) is 0 Å². The van der Waals surface area contributed by atoms with Crippen LogP contribution in [0.4, 0.5) is 18.9 Å². The molecule has 0 aromatic heterocycles. The molecule has 146 valence electrons. The van der Waals surface area contributed by atoms with Crippen molar-refractivity contribution < 1.29 is 31.1 Å². The number of methoxy groups -OCH3 is 1. The summed E-state index contributed by atoms with van der Waals surface area (Å²) in [4.78, 5) is 11.8. The second-order valence-corrected chi connectivity index (χ2v) is 7.18. The number of amides is 1. The van der Waals surface area contributed by atoms with Crippen LogP contribution in [0.3, 0.4) is 0 Å². The summed E-state index contributed by atoms with van der Waals surface area (Å²) in [5.41, 5.74) is -1.36. The van der Waals surface area contributed by atoms with Crippen molar-refractivity contribution in [2.45, 2.75) is 17.5 Å². The molecule has 10 heteroatoms. The minimum absolute atomic E-state index is 0.0221. The fourth-order valence-electron chi connectivity index (χ4n) is 2.19. The second-order valence-electron chi connectivity index (χ2n) is 5.41. The van der Waals surface area contributed by atoms with E-state index >= 15 is 0 Å². The molecule has 2 aromatic rings. The molecule has 0 aliphatic heterocycles. The smallest absolute Gasteiger partial charge is 0.418 e. The number of halogens is 3. The molecule has 0 bridgehead atoms. The van der Waals surface area contributed by atoms with Crippen LogP contribution in [-0.4, -0.2) is 28.0 Å². The Bertz CT molecular complexity index is 897. The van der Waals surface area contributed by atoms with Gasteiger partial charge in [-0.25, -0.2) is 13.1 Å². The molecule has 0 heterocycles. The number of ether oxygens (including phenoxy) is 1. The molecule has 27 heavy (non-hydrogen) atoms. The molecular formula is C17H17F3N2O4S. The highest BCUT2D eigenvalue weighted by molar-refractivity contribution is 7.89. The van der Waals surface area contributed by atoms with Crippen molar-refractivity contribution in [2.24, 2.45) is 0 Å². The van der Waals surface area contributed by atoms with Gasteiger partial charge in [-0.15, -0.1) is 0 Å². The average molecular weight is 402 g/mol. The second kappa shape index (κ2) is 8.40. The van der Waals surface area contributed by atoms with E-state index in [-0.39, 0.29) is 23.5 Å². The van der Waals surface area contributed by atoms with E-state index in [0.717, 1.165) is 12.1 Å². The number of anilines is 1. The number of alkyl halides is 3. The van der Waals surface area contributed by atoms with Crippen molar-refractivity contribution in [1.29, 1.82) is 0 Å². The SMILES string of the molecule is COc1ccc(S(=O)(=O)NCCC(=O)Nc2ccccc2C(F)(F)F)cc1.